The summed E-state index contributed by atoms with van der Waals surface area (Å²) in [4.78, 5) is 14.6. The minimum atomic E-state index is -0.0524. The Kier molecular flexibility index (Phi) is 6.41. The van der Waals surface area contributed by atoms with Crippen LogP contribution in [0.3, 0.4) is 0 Å². The molecule has 1 aliphatic heterocycles. The molecule has 27 heavy (non-hydrogen) atoms. The number of amides is 1. The van der Waals surface area contributed by atoms with E-state index in [0.717, 1.165) is 18.8 Å². The summed E-state index contributed by atoms with van der Waals surface area (Å²) in [6.45, 7) is 2.86. The number of hydrogen-bond acceptors (Lipinski definition) is 5. The molecule has 1 saturated heterocycles. The summed E-state index contributed by atoms with van der Waals surface area (Å²) in [5, 5.41) is 6.18. The molecule has 0 spiro atoms. The van der Waals surface area contributed by atoms with Crippen LogP contribution < -0.4 is 25.0 Å². The summed E-state index contributed by atoms with van der Waals surface area (Å²) in [5.74, 6) is 1.17. The minimum absolute atomic E-state index is 0.0524. The first-order valence-electron chi connectivity index (χ1n) is 9.30. The number of nitrogens with zero attached hydrogens (tertiary/aromatic N) is 1. The smallest absolute Gasteiger partial charge is 0.226 e. The van der Waals surface area contributed by atoms with Crippen molar-refractivity contribution in [2.75, 3.05) is 49.4 Å². The number of ether oxygens (including phenoxy) is 2. The first kappa shape index (κ1) is 18.9. The summed E-state index contributed by atoms with van der Waals surface area (Å²) < 4.78 is 10.5. The Balaban J connectivity index is 1.45. The van der Waals surface area contributed by atoms with Gasteiger partial charge in [-0.1, -0.05) is 0 Å². The van der Waals surface area contributed by atoms with E-state index in [0.29, 0.717) is 30.2 Å². The predicted molar refractivity (Wildman–Crippen MR) is 109 cm³/mol. The fourth-order valence-electron chi connectivity index (χ4n) is 3.22. The Morgan fingerprint density at radius 3 is 2.30 bits per heavy atom. The minimum Gasteiger partial charge on any atom is -0.493 e. The lowest BCUT2D eigenvalue weighted by molar-refractivity contribution is -0.115. The van der Waals surface area contributed by atoms with Crippen molar-refractivity contribution in [3.63, 3.8) is 0 Å². The highest BCUT2D eigenvalue weighted by molar-refractivity contribution is 5.91. The molecule has 0 bridgehead atoms. The molecule has 0 radical (unpaired) electrons. The number of hydrogen-bond donors (Lipinski definition) is 2. The van der Waals surface area contributed by atoms with E-state index in [9.17, 15) is 4.79 Å². The normalized spacial score (nSPS) is 13.3. The molecular weight excluding hydrogens is 342 g/mol. The van der Waals surface area contributed by atoms with Crippen molar-refractivity contribution in [2.45, 2.75) is 19.3 Å². The van der Waals surface area contributed by atoms with E-state index < -0.39 is 0 Å². The largest absolute Gasteiger partial charge is 0.493 e. The molecule has 2 N–H and O–H groups in total. The van der Waals surface area contributed by atoms with Crippen LogP contribution in [0.2, 0.25) is 0 Å². The van der Waals surface area contributed by atoms with Crippen LogP contribution in [0, 0.1) is 0 Å². The Labute approximate surface area is 160 Å². The molecule has 0 aromatic heterocycles. The summed E-state index contributed by atoms with van der Waals surface area (Å²) in [6.07, 6.45) is 2.92. The van der Waals surface area contributed by atoms with Crippen LogP contribution in [0.4, 0.5) is 17.1 Å². The van der Waals surface area contributed by atoms with Crippen LogP contribution in [-0.4, -0.2) is 39.8 Å². The van der Waals surface area contributed by atoms with E-state index in [-0.39, 0.29) is 5.91 Å². The van der Waals surface area contributed by atoms with E-state index in [1.54, 1.807) is 32.4 Å². The van der Waals surface area contributed by atoms with E-state index in [1.807, 2.05) is 0 Å². The highest BCUT2D eigenvalue weighted by atomic mass is 16.5. The van der Waals surface area contributed by atoms with Gasteiger partial charge in [-0.3, -0.25) is 4.79 Å². The third-order valence-electron chi connectivity index (χ3n) is 4.69. The molecule has 6 heteroatoms. The average Bonchev–Trinajstić information content (AvgIpc) is 3.23. The van der Waals surface area contributed by atoms with Crippen molar-refractivity contribution >= 4 is 23.0 Å². The number of methoxy groups -OCH3 is 2. The van der Waals surface area contributed by atoms with Gasteiger partial charge in [0, 0.05) is 49.2 Å². The van der Waals surface area contributed by atoms with Crippen molar-refractivity contribution in [1.29, 1.82) is 0 Å². The molecule has 1 amide bonds. The molecule has 0 aliphatic carbocycles. The molecule has 0 unspecified atom stereocenters. The fraction of sp³-hybridized carbons (Fsp3) is 0.381. The van der Waals surface area contributed by atoms with Crippen molar-refractivity contribution in [1.82, 2.24) is 0 Å². The second kappa shape index (κ2) is 9.16. The summed E-state index contributed by atoms with van der Waals surface area (Å²) in [5.41, 5.74) is 2.98. The lowest BCUT2D eigenvalue weighted by Crippen LogP contribution is -2.18. The SMILES string of the molecule is COc1ccc(NC(=O)CCNc2ccc(N3CCCC3)cc2)cc1OC. The molecule has 3 rings (SSSR count). The number of anilines is 3. The number of benzene rings is 2. The van der Waals surface area contributed by atoms with Crippen molar-refractivity contribution in [3.05, 3.63) is 42.5 Å². The lowest BCUT2D eigenvalue weighted by atomic mass is 10.2. The molecule has 0 saturated carbocycles. The third-order valence-corrected chi connectivity index (χ3v) is 4.69. The molecule has 1 fully saturated rings. The van der Waals surface area contributed by atoms with Crippen LogP contribution in [0.25, 0.3) is 0 Å². The van der Waals surface area contributed by atoms with Gasteiger partial charge < -0.3 is 25.0 Å². The topological polar surface area (TPSA) is 62.8 Å². The standard InChI is InChI=1S/C21H27N3O3/c1-26-19-10-7-17(15-20(19)27-2)23-21(25)11-12-22-16-5-8-18(9-6-16)24-13-3-4-14-24/h5-10,15,22H,3-4,11-14H2,1-2H3,(H,23,25). The summed E-state index contributed by atoms with van der Waals surface area (Å²) in [7, 11) is 3.15. The van der Waals surface area contributed by atoms with E-state index in [2.05, 4.69) is 39.8 Å². The molecule has 0 atom stereocenters. The fourth-order valence-corrected chi connectivity index (χ4v) is 3.22. The Bertz CT molecular complexity index is 756. The number of nitrogens with one attached hydrogen (secondary N) is 2. The van der Waals surface area contributed by atoms with Gasteiger partial charge in [0.15, 0.2) is 11.5 Å². The second-order valence-electron chi connectivity index (χ2n) is 6.54. The molecule has 1 heterocycles. The van der Waals surface area contributed by atoms with Crippen LogP contribution in [0.15, 0.2) is 42.5 Å². The highest BCUT2D eigenvalue weighted by Gasteiger charge is 2.12. The molecule has 6 nitrogen and oxygen atoms in total. The maximum absolute atomic E-state index is 12.2. The molecule has 144 valence electrons. The van der Waals surface area contributed by atoms with Crippen LogP contribution in [0.1, 0.15) is 19.3 Å². The zero-order valence-corrected chi connectivity index (χ0v) is 16.0. The monoisotopic (exact) mass is 369 g/mol. The van der Waals surface area contributed by atoms with Gasteiger partial charge in [-0.2, -0.15) is 0 Å². The number of rotatable bonds is 8. The summed E-state index contributed by atoms with van der Waals surface area (Å²) >= 11 is 0. The van der Waals surface area contributed by atoms with Gasteiger partial charge in [-0.25, -0.2) is 0 Å². The lowest BCUT2D eigenvalue weighted by Gasteiger charge is -2.18. The molecule has 2 aromatic rings. The molecular formula is C21H27N3O3. The van der Waals surface area contributed by atoms with Gasteiger partial charge in [0.05, 0.1) is 14.2 Å². The molecule has 2 aromatic carbocycles. The first-order chi connectivity index (χ1) is 13.2. The maximum atomic E-state index is 12.2. The van der Waals surface area contributed by atoms with Gasteiger partial charge in [0.25, 0.3) is 0 Å². The van der Waals surface area contributed by atoms with Crippen LogP contribution >= 0.6 is 0 Å². The number of carbonyl (C=O) groups is 1. The zero-order valence-electron chi connectivity index (χ0n) is 16.0. The van der Waals surface area contributed by atoms with E-state index in [1.165, 1.54) is 18.5 Å². The zero-order chi connectivity index (χ0) is 19.1. The van der Waals surface area contributed by atoms with Gasteiger partial charge in [-0.05, 0) is 49.2 Å². The molecule has 1 aliphatic rings. The van der Waals surface area contributed by atoms with Crippen molar-refractivity contribution in [2.24, 2.45) is 0 Å². The van der Waals surface area contributed by atoms with Gasteiger partial charge in [0.1, 0.15) is 0 Å². The predicted octanol–water partition coefficient (Wildman–Crippen LogP) is 3.74. The van der Waals surface area contributed by atoms with Crippen molar-refractivity contribution in [3.8, 4) is 11.5 Å². The van der Waals surface area contributed by atoms with Gasteiger partial charge in [0.2, 0.25) is 5.91 Å². The Morgan fingerprint density at radius 2 is 1.63 bits per heavy atom. The van der Waals surface area contributed by atoms with Gasteiger partial charge in [-0.15, -0.1) is 0 Å². The summed E-state index contributed by atoms with van der Waals surface area (Å²) in [6, 6.07) is 13.7. The van der Waals surface area contributed by atoms with E-state index in [4.69, 9.17) is 9.47 Å². The second-order valence-corrected chi connectivity index (χ2v) is 6.54. The van der Waals surface area contributed by atoms with Crippen LogP contribution in [-0.2, 0) is 4.79 Å². The average molecular weight is 369 g/mol. The first-order valence-corrected chi connectivity index (χ1v) is 9.30. The van der Waals surface area contributed by atoms with Crippen LogP contribution in [0.5, 0.6) is 11.5 Å². The Morgan fingerprint density at radius 1 is 0.963 bits per heavy atom. The third kappa shape index (κ3) is 5.06. The van der Waals surface area contributed by atoms with Crippen molar-refractivity contribution < 1.29 is 14.3 Å². The quantitative estimate of drug-likeness (QED) is 0.742. The maximum Gasteiger partial charge on any atom is 0.226 e. The highest BCUT2D eigenvalue weighted by Crippen LogP contribution is 2.29. The van der Waals surface area contributed by atoms with Gasteiger partial charge >= 0.3 is 0 Å². The Hall–Kier alpha value is -2.89. The number of carbonyl (C=O) groups excluding carboxylic acids is 1. The van der Waals surface area contributed by atoms with E-state index >= 15 is 0 Å².